The zero-order valence-electron chi connectivity index (χ0n) is 23.6. The number of benzene rings is 7. The number of fused-ring (bicyclic) bond motifs is 6. The quantitative estimate of drug-likeness (QED) is 0.200. The lowest BCUT2D eigenvalue weighted by atomic mass is 9.79. The molecule has 8 aromatic rings. The molecule has 1 aromatic heterocycles. The molecule has 43 heavy (non-hydrogen) atoms. The van der Waals surface area contributed by atoms with Gasteiger partial charge in [0.25, 0.3) is 0 Å². The minimum absolute atomic E-state index is 0.316. The molecule has 1 heteroatoms. The van der Waals surface area contributed by atoms with Crippen molar-refractivity contribution in [2.75, 3.05) is 0 Å². The summed E-state index contributed by atoms with van der Waals surface area (Å²) in [6.45, 7) is 0. The van der Waals surface area contributed by atoms with E-state index in [-0.39, 0.29) is 0 Å². The summed E-state index contributed by atoms with van der Waals surface area (Å²) < 4.78 is 6.43. The van der Waals surface area contributed by atoms with Crippen molar-refractivity contribution in [3.8, 4) is 22.3 Å². The van der Waals surface area contributed by atoms with Crippen molar-refractivity contribution >= 4 is 49.6 Å². The van der Waals surface area contributed by atoms with E-state index in [1.165, 1.54) is 49.4 Å². The van der Waals surface area contributed by atoms with Crippen LogP contribution >= 0.6 is 0 Å². The van der Waals surface area contributed by atoms with Crippen molar-refractivity contribution < 1.29 is 4.42 Å². The molecule has 1 aliphatic carbocycles. The van der Waals surface area contributed by atoms with E-state index in [2.05, 4.69) is 146 Å². The Kier molecular flexibility index (Phi) is 5.39. The lowest BCUT2D eigenvalue weighted by Crippen LogP contribution is -2.07. The minimum Gasteiger partial charge on any atom is -0.455 e. The van der Waals surface area contributed by atoms with E-state index in [0.29, 0.717) is 5.92 Å². The molecule has 0 saturated carbocycles. The number of rotatable bonds is 3. The number of allylic oxidation sites excluding steroid dienone is 1. The first-order chi connectivity index (χ1) is 21.3. The van der Waals surface area contributed by atoms with Gasteiger partial charge in [0.2, 0.25) is 0 Å². The number of furan rings is 1. The van der Waals surface area contributed by atoms with Crippen LogP contribution in [-0.4, -0.2) is 0 Å². The van der Waals surface area contributed by atoms with Gasteiger partial charge in [-0.1, -0.05) is 140 Å². The average molecular weight is 549 g/mol. The van der Waals surface area contributed by atoms with Crippen LogP contribution in [0.15, 0.2) is 150 Å². The molecule has 1 atom stereocenters. The second-order valence-corrected chi connectivity index (χ2v) is 11.6. The molecule has 0 spiro atoms. The fourth-order valence-electron chi connectivity index (χ4n) is 7.30. The molecule has 0 N–H and O–H groups in total. The Morgan fingerprint density at radius 3 is 1.95 bits per heavy atom. The lowest BCUT2D eigenvalue weighted by molar-refractivity contribution is 0.670. The first-order valence-electron chi connectivity index (χ1n) is 15.0. The molecule has 1 unspecified atom stereocenters. The summed E-state index contributed by atoms with van der Waals surface area (Å²) in [6, 6.07) is 50.5. The van der Waals surface area contributed by atoms with E-state index in [1.54, 1.807) is 0 Å². The highest BCUT2D eigenvalue weighted by atomic mass is 16.3. The van der Waals surface area contributed by atoms with Crippen LogP contribution in [0.3, 0.4) is 0 Å². The van der Waals surface area contributed by atoms with E-state index in [9.17, 15) is 0 Å². The maximum Gasteiger partial charge on any atom is 0.143 e. The third-order valence-corrected chi connectivity index (χ3v) is 9.21. The standard InChI is InChI=1S/C42H28O/c1-2-12-28-25-31(24-23-27(28)11-1)41-36-18-5-3-16-34(36)40(35-17-4-6-19-37(35)41)30-14-9-13-29(26-30)32-20-10-21-38-33-15-7-8-22-39(33)43-42(32)38/h1-24,26,31H,25H2. The Labute approximate surface area is 250 Å². The van der Waals surface area contributed by atoms with Gasteiger partial charge in [-0.2, -0.15) is 0 Å². The van der Waals surface area contributed by atoms with E-state index in [4.69, 9.17) is 4.42 Å². The van der Waals surface area contributed by atoms with Crippen LogP contribution in [0.2, 0.25) is 0 Å². The monoisotopic (exact) mass is 548 g/mol. The van der Waals surface area contributed by atoms with Crippen LogP contribution in [0.5, 0.6) is 0 Å². The first-order valence-corrected chi connectivity index (χ1v) is 15.0. The highest BCUT2D eigenvalue weighted by Crippen LogP contribution is 2.45. The fraction of sp³-hybridized carbons (Fsp3) is 0.0476. The molecule has 1 heterocycles. The minimum atomic E-state index is 0.316. The van der Waals surface area contributed by atoms with E-state index in [1.807, 2.05) is 6.07 Å². The molecular weight excluding hydrogens is 520 g/mol. The van der Waals surface area contributed by atoms with E-state index < -0.39 is 0 Å². The summed E-state index contributed by atoms with van der Waals surface area (Å²) >= 11 is 0. The maximum absolute atomic E-state index is 6.43. The van der Waals surface area contributed by atoms with Crippen LogP contribution in [0, 0.1) is 0 Å². The second-order valence-electron chi connectivity index (χ2n) is 11.6. The van der Waals surface area contributed by atoms with Gasteiger partial charge in [-0.15, -0.1) is 0 Å². The summed E-state index contributed by atoms with van der Waals surface area (Å²) in [5.41, 5.74) is 10.8. The summed E-state index contributed by atoms with van der Waals surface area (Å²) in [5, 5.41) is 7.55. The molecular formula is C42H28O. The smallest absolute Gasteiger partial charge is 0.143 e. The zero-order valence-corrected chi connectivity index (χ0v) is 23.6. The summed E-state index contributed by atoms with van der Waals surface area (Å²) in [5.74, 6) is 0.316. The summed E-state index contributed by atoms with van der Waals surface area (Å²) in [7, 11) is 0. The molecule has 9 rings (SSSR count). The van der Waals surface area contributed by atoms with Crippen LogP contribution < -0.4 is 0 Å². The Balaban J connectivity index is 1.27. The zero-order chi connectivity index (χ0) is 28.3. The Morgan fingerprint density at radius 1 is 0.512 bits per heavy atom. The van der Waals surface area contributed by atoms with Gasteiger partial charge in [-0.3, -0.25) is 0 Å². The van der Waals surface area contributed by atoms with Gasteiger partial charge >= 0.3 is 0 Å². The highest BCUT2D eigenvalue weighted by molar-refractivity contribution is 6.16. The third-order valence-electron chi connectivity index (χ3n) is 9.21. The predicted octanol–water partition coefficient (Wildman–Crippen LogP) is 11.6. The summed E-state index contributed by atoms with van der Waals surface area (Å²) in [4.78, 5) is 0. The molecule has 7 aromatic carbocycles. The van der Waals surface area contributed by atoms with Gasteiger partial charge in [0, 0.05) is 22.3 Å². The number of para-hydroxylation sites is 2. The van der Waals surface area contributed by atoms with Crippen molar-refractivity contribution in [2.24, 2.45) is 0 Å². The van der Waals surface area contributed by atoms with Crippen LogP contribution in [0.1, 0.15) is 22.6 Å². The fourth-order valence-corrected chi connectivity index (χ4v) is 7.30. The third kappa shape index (κ3) is 3.78. The van der Waals surface area contributed by atoms with Gasteiger partial charge < -0.3 is 4.42 Å². The van der Waals surface area contributed by atoms with Crippen molar-refractivity contribution in [2.45, 2.75) is 12.3 Å². The molecule has 202 valence electrons. The van der Waals surface area contributed by atoms with E-state index >= 15 is 0 Å². The lowest BCUT2D eigenvalue weighted by Gasteiger charge is -2.25. The van der Waals surface area contributed by atoms with Gasteiger partial charge in [-0.25, -0.2) is 0 Å². The molecule has 0 aliphatic heterocycles. The molecule has 0 bridgehead atoms. The predicted molar refractivity (Wildman–Crippen MR) is 182 cm³/mol. The largest absolute Gasteiger partial charge is 0.455 e. The van der Waals surface area contributed by atoms with Gasteiger partial charge in [0.15, 0.2) is 0 Å². The number of hydrogen-bond acceptors (Lipinski definition) is 1. The van der Waals surface area contributed by atoms with Crippen LogP contribution in [-0.2, 0) is 6.42 Å². The Bertz CT molecular complexity index is 2330. The molecule has 0 amide bonds. The van der Waals surface area contributed by atoms with Crippen LogP contribution in [0.4, 0.5) is 0 Å². The molecule has 0 saturated heterocycles. The maximum atomic E-state index is 6.43. The van der Waals surface area contributed by atoms with Crippen molar-refractivity contribution in [3.05, 3.63) is 162 Å². The van der Waals surface area contributed by atoms with Crippen molar-refractivity contribution in [1.29, 1.82) is 0 Å². The average Bonchev–Trinajstić information content (AvgIpc) is 3.46. The molecule has 1 nitrogen and oxygen atoms in total. The molecule has 1 aliphatic rings. The molecule has 0 radical (unpaired) electrons. The topological polar surface area (TPSA) is 13.1 Å². The van der Waals surface area contributed by atoms with Crippen molar-refractivity contribution in [3.63, 3.8) is 0 Å². The van der Waals surface area contributed by atoms with Crippen LogP contribution in [0.25, 0.3) is 71.8 Å². The van der Waals surface area contributed by atoms with Gasteiger partial charge in [0.1, 0.15) is 11.2 Å². The summed E-state index contributed by atoms with van der Waals surface area (Å²) in [6.07, 6.45) is 5.73. The Hall–Kier alpha value is -5.40. The first kappa shape index (κ1) is 24.2. The number of hydrogen-bond donors (Lipinski definition) is 0. The van der Waals surface area contributed by atoms with E-state index in [0.717, 1.165) is 39.5 Å². The van der Waals surface area contributed by atoms with Crippen molar-refractivity contribution in [1.82, 2.24) is 0 Å². The highest BCUT2D eigenvalue weighted by Gasteiger charge is 2.23. The van der Waals surface area contributed by atoms with Gasteiger partial charge in [-0.05, 0) is 73.5 Å². The Morgan fingerprint density at radius 2 is 1.14 bits per heavy atom. The van der Waals surface area contributed by atoms with Gasteiger partial charge in [0.05, 0.1) is 0 Å². The second kappa shape index (κ2) is 9.58. The normalized spacial score (nSPS) is 14.6. The molecule has 0 fully saturated rings. The SMILES string of the molecule is C1=CC(c2c3ccccc3c(-c3cccc(-c4cccc5c4oc4ccccc45)c3)c3ccccc23)Cc2ccccc21.